The van der Waals surface area contributed by atoms with E-state index in [1.165, 1.54) is 32.4 Å². The first-order chi connectivity index (χ1) is 10.2. The molecular weight excluding hydrogens is 328 g/mol. The monoisotopic (exact) mass is 350 g/mol. The molecule has 0 saturated carbocycles. The highest BCUT2D eigenvalue weighted by Crippen LogP contribution is 2.22. The molecular formula is C17H23BrN2O. The summed E-state index contributed by atoms with van der Waals surface area (Å²) in [5.74, 6) is 0.244. The molecule has 2 aliphatic heterocycles. The van der Waals surface area contributed by atoms with E-state index in [0.717, 1.165) is 35.7 Å². The molecule has 0 spiro atoms. The van der Waals surface area contributed by atoms with Crippen LogP contribution in [0.2, 0.25) is 0 Å². The molecule has 114 valence electrons. The van der Waals surface area contributed by atoms with Gasteiger partial charge in [-0.05, 0) is 25.5 Å². The van der Waals surface area contributed by atoms with Crippen LogP contribution >= 0.6 is 15.9 Å². The number of fused-ring (bicyclic) bond motifs is 1. The second-order valence-corrected chi connectivity index (χ2v) is 6.99. The Morgan fingerprint density at radius 1 is 1.19 bits per heavy atom. The fourth-order valence-corrected chi connectivity index (χ4v) is 4.01. The van der Waals surface area contributed by atoms with Gasteiger partial charge in [0, 0.05) is 48.7 Å². The van der Waals surface area contributed by atoms with Crippen molar-refractivity contribution in [3.63, 3.8) is 0 Å². The lowest BCUT2D eigenvalue weighted by Crippen LogP contribution is -2.54. The van der Waals surface area contributed by atoms with E-state index in [1.807, 2.05) is 24.3 Å². The Balaban J connectivity index is 1.51. The van der Waals surface area contributed by atoms with E-state index in [9.17, 15) is 4.79 Å². The van der Waals surface area contributed by atoms with Crippen LogP contribution in [0, 0.1) is 0 Å². The van der Waals surface area contributed by atoms with Crippen LogP contribution in [-0.4, -0.2) is 54.3 Å². The Hall–Kier alpha value is -0.710. The molecule has 2 aliphatic rings. The van der Waals surface area contributed by atoms with Crippen LogP contribution in [0.5, 0.6) is 0 Å². The van der Waals surface area contributed by atoms with E-state index in [0.29, 0.717) is 6.42 Å². The third kappa shape index (κ3) is 3.74. The zero-order valence-electron chi connectivity index (χ0n) is 12.4. The quantitative estimate of drug-likeness (QED) is 0.779. The van der Waals surface area contributed by atoms with Crippen LogP contribution < -0.4 is 0 Å². The summed E-state index contributed by atoms with van der Waals surface area (Å²) in [7, 11) is 0. The van der Waals surface area contributed by atoms with Gasteiger partial charge in [0.2, 0.25) is 0 Å². The number of piperidine rings is 1. The number of Topliss-reactive ketones (excluding diaryl/α,β-unsaturated/α-hetero) is 1. The topological polar surface area (TPSA) is 23.6 Å². The number of rotatable bonds is 4. The minimum Gasteiger partial charge on any atom is -0.300 e. The van der Waals surface area contributed by atoms with Gasteiger partial charge in [-0.1, -0.05) is 40.5 Å². The first-order valence-corrected chi connectivity index (χ1v) is 8.77. The molecule has 1 atom stereocenters. The predicted molar refractivity (Wildman–Crippen MR) is 88.7 cm³/mol. The molecule has 1 aromatic carbocycles. The molecule has 0 N–H and O–H groups in total. The lowest BCUT2D eigenvalue weighted by molar-refractivity contribution is 0.0480. The Labute approximate surface area is 135 Å². The van der Waals surface area contributed by atoms with Gasteiger partial charge in [0.25, 0.3) is 0 Å². The lowest BCUT2D eigenvalue weighted by atomic mass is 9.99. The zero-order valence-corrected chi connectivity index (χ0v) is 14.0. The zero-order chi connectivity index (χ0) is 14.7. The molecule has 1 unspecified atom stereocenters. The summed E-state index contributed by atoms with van der Waals surface area (Å²) in [5.41, 5.74) is 0.814. The first-order valence-electron chi connectivity index (χ1n) is 7.98. The Bertz CT molecular complexity index is 505. The number of ketones is 1. The van der Waals surface area contributed by atoms with E-state index >= 15 is 0 Å². The Morgan fingerprint density at radius 3 is 2.90 bits per heavy atom. The molecule has 1 aromatic rings. The third-order valence-electron chi connectivity index (χ3n) is 4.75. The molecule has 3 rings (SSSR count). The molecule has 0 bridgehead atoms. The number of benzene rings is 1. The maximum absolute atomic E-state index is 12.3. The van der Waals surface area contributed by atoms with Gasteiger partial charge in [-0.2, -0.15) is 0 Å². The number of hydrogen-bond donors (Lipinski definition) is 0. The summed E-state index contributed by atoms with van der Waals surface area (Å²) in [6.45, 7) is 5.59. The molecule has 0 aromatic heterocycles. The normalized spacial score (nSPS) is 23.8. The fraction of sp³-hybridized carbons (Fsp3) is 0.588. The van der Waals surface area contributed by atoms with Crippen LogP contribution in [0.25, 0.3) is 0 Å². The summed E-state index contributed by atoms with van der Waals surface area (Å²) in [6, 6.07) is 8.45. The van der Waals surface area contributed by atoms with Crippen molar-refractivity contribution >= 4 is 21.7 Å². The molecule has 2 fully saturated rings. The van der Waals surface area contributed by atoms with Gasteiger partial charge in [-0.15, -0.1) is 0 Å². The van der Waals surface area contributed by atoms with Crippen molar-refractivity contribution in [2.24, 2.45) is 0 Å². The van der Waals surface area contributed by atoms with Crippen molar-refractivity contribution in [3.8, 4) is 0 Å². The minimum atomic E-state index is 0.244. The highest BCUT2D eigenvalue weighted by molar-refractivity contribution is 9.10. The number of piperazine rings is 1. The second-order valence-electron chi connectivity index (χ2n) is 6.14. The summed E-state index contributed by atoms with van der Waals surface area (Å²) in [4.78, 5) is 17.4. The molecule has 3 nitrogen and oxygen atoms in total. The maximum Gasteiger partial charge on any atom is 0.165 e. The molecule has 2 heterocycles. The van der Waals surface area contributed by atoms with E-state index in [-0.39, 0.29) is 5.78 Å². The third-order valence-corrected chi connectivity index (χ3v) is 5.44. The van der Waals surface area contributed by atoms with Gasteiger partial charge >= 0.3 is 0 Å². The van der Waals surface area contributed by atoms with Gasteiger partial charge in [-0.3, -0.25) is 9.69 Å². The van der Waals surface area contributed by atoms with Gasteiger partial charge < -0.3 is 4.90 Å². The number of hydrogen-bond acceptors (Lipinski definition) is 3. The predicted octanol–water partition coefficient (Wildman–Crippen LogP) is 3.19. The number of halogens is 1. The molecule has 0 aliphatic carbocycles. The van der Waals surface area contributed by atoms with Crippen LogP contribution in [0.1, 0.15) is 36.0 Å². The molecule has 2 saturated heterocycles. The molecule has 0 radical (unpaired) electrons. The smallest absolute Gasteiger partial charge is 0.165 e. The van der Waals surface area contributed by atoms with Gasteiger partial charge in [0.05, 0.1) is 0 Å². The summed E-state index contributed by atoms with van der Waals surface area (Å²) in [6.07, 6.45) is 4.67. The van der Waals surface area contributed by atoms with E-state index in [2.05, 4.69) is 25.7 Å². The molecule has 4 heteroatoms. The second kappa shape index (κ2) is 7.03. The summed E-state index contributed by atoms with van der Waals surface area (Å²) in [5, 5.41) is 0. The van der Waals surface area contributed by atoms with Crippen LogP contribution in [0.4, 0.5) is 0 Å². The molecule has 21 heavy (non-hydrogen) atoms. The maximum atomic E-state index is 12.3. The van der Waals surface area contributed by atoms with Crippen LogP contribution in [0.3, 0.4) is 0 Å². The summed E-state index contributed by atoms with van der Waals surface area (Å²) < 4.78 is 0.909. The number of carbonyl (C=O) groups is 1. The fourth-order valence-electron chi connectivity index (χ4n) is 3.51. The van der Waals surface area contributed by atoms with Crippen molar-refractivity contribution in [1.29, 1.82) is 0 Å². The molecule has 0 amide bonds. The van der Waals surface area contributed by atoms with E-state index < -0.39 is 0 Å². The highest BCUT2D eigenvalue weighted by Gasteiger charge is 2.28. The van der Waals surface area contributed by atoms with Crippen molar-refractivity contribution in [2.75, 3.05) is 32.7 Å². The van der Waals surface area contributed by atoms with Gasteiger partial charge in [0.1, 0.15) is 0 Å². The van der Waals surface area contributed by atoms with Gasteiger partial charge in [0.15, 0.2) is 5.78 Å². The SMILES string of the molecule is O=C(CCN1CCN2CCCCC2C1)c1ccccc1Br. The Kier molecular flexibility index (Phi) is 5.09. The van der Waals surface area contributed by atoms with Crippen molar-refractivity contribution in [3.05, 3.63) is 34.3 Å². The standard InChI is InChI=1S/C17H23BrN2O/c18-16-7-2-1-6-15(16)17(21)8-10-19-11-12-20-9-4-3-5-14(20)13-19/h1-2,6-7,14H,3-5,8-13H2. The minimum absolute atomic E-state index is 0.244. The largest absolute Gasteiger partial charge is 0.300 e. The average molecular weight is 351 g/mol. The van der Waals surface area contributed by atoms with Crippen molar-refractivity contribution in [1.82, 2.24) is 9.80 Å². The summed E-state index contributed by atoms with van der Waals surface area (Å²) >= 11 is 3.47. The van der Waals surface area contributed by atoms with Crippen LogP contribution in [0.15, 0.2) is 28.7 Å². The van der Waals surface area contributed by atoms with Crippen molar-refractivity contribution in [2.45, 2.75) is 31.7 Å². The first kappa shape index (κ1) is 15.2. The lowest BCUT2D eigenvalue weighted by Gasteiger charge is -2.44. The van der Waals surface area contributed by atoms with E-state index in [1.54, 1.807) is 0 Å². The van der Waals surface area contributed by atoms with Crippen molar-refractivity contribution < 1.29 is 4.79 Å². The van der Waals surface area contributed by atoms with E-state index in [4.69, 9.17) is 0 Å². The average Bonchev–Trinajstić information content (AvgIpc) is 2.53. The number of nitrogens with zero attached hydrogens (tertiary/aromatic N) is 2. The Morgan fingerprint density at radius 2 is 2.05 bits per heavy atom. The number of carbonyl (C=O) groups excluding carboxylic acids is 1. The van der Waals surface area contributed by atoms with Crippen LogP contribution in [-0.2, 0) is 0 Å². The van der Waals surface area contributed by atoms with Gasteiger partial charge in [-0.25, -0.2) is 0 Å². The highest BCUT2D eigenvalue weighted by atomic mass is 79.9.